The molecule has 1 heterocycles. The van der Waals surface area contributed by atoms with E-state index in [9.17, 15) is 4.79 Å². The average Bonchev–Trinajstić information content (AvgIpc) is 2.80. The second-order valence-electron chi connectivity index (χ2n) is 3.60. The molecule has 16 heavy (non-hydrogen) atoms. The van der Waals surface area contributed by atoms with Crippen LogP contribution in [0.15, 0.2) is 22.8 Å². The lowest BCUT2D eigenvalue weighted by molar-refractivity contribution is 0.0946. The highest BCUT2D eigenvalue weighted by Gasteiger charge is 2.15. The number of nitrogens with one attached hydrogen (secondary N) is 1. The van der Waals surface area contributed by atoms with Crippen LogP contribution in [0.5, 0.6) is 0 Å². The number of thiocarbonyl (C=S) groups is 1. The van der Waals surface area contributed by atoms with Gasteiger partial charge in [-0.25, -0.2) is 0 Å². The van der Waals surface area contributed by atoms with Gasteiger partial charge in [-0.3, -0.25) is 10.1 Å². The maximum Gasteiger partial charge on any atom is 0.293 e. The van der Waals surface area contributed by atoms with Crippen LogP contribution in [0.2, 0.25) is 0 Å². The molecule has 1 aromatic heterocycles. The summed E-state index contributed by atoms with van der Waals surface area (Å²) in [6, 6.07) is 3.56. The maximum atomic E-state index is 11.6. The van der Waals surface area contributed by atoms with Crippen molar-refractivity contribution in [3.05, 3.63) is 24.2 Å². The summed E-state index contributed by atoms with van der Waals surface area (Å²) in [5, 5.41) is 3.03. The number of hydrogen-bond donors (Lipinski definition) is 1. The molecule has 1 rings (SSSR count). The summed E-state index contributed by atoms with van der Waals surface area (Å²) in [5.74, 6) is -0.0509. The molecule has 88 valence electrons. The molecule has 1 amide bonds. The zero-order valence-electron chi connectivity index (χ0n) is 9.69. The van der Waals surface area contributed by atoms with Gasteiger partial charge in [0.05, 0.1) is 6.26 Å². The molecule has 0 saturated heterocycles. The SMILES string of the molecule is CCC(C)N(C)C(=S)NC(=O)c1ccco1. The number of carbonyl (C=O) groups is 1. The van der Waals surface area contributed by atoms with Crippen LogP contribution in [0.3, 0.4) is 0 Å². The largest absolute Gasteiger partial charge is 0.459 e. The lowest BCUT2D eigenvalue weighted by Gasteiger charge is -2.26. The lowest BCUT2D eigenvalue weighted by atomic mass is 10.2. The third-order valence-corrected chi connectivity index (χ3v) is 2.93. The molecule has 0 fully saturated rings. The van der Waals surface area contributed by atoms with Gasteiger partial charge in [0, 0.05) is 13.1 Å². The van der Waals surface area contributed by atoms with Crippen molar-refractivity contribution in [3.8, 4) is 0 Å². The van der Waals surface area contributed by atoms with Gasteiger partial charge in [0.2, 0.25) is 0 Å². The van der Waals surface area contributed by atoms with Gasteiger partial charge in [-0.2, -0.15) is 0 Å². The van der Waals surface area contributed by atoms with Gasteiger partial charge in [0.15, 0.2) is 10.9 Å². The van der Waals surface area contributed by atoms with E-state index >= 15 is 0 Å². The Kier molecular flexibility index (Phi) is 4.49. The highest BCUT2D eigenvalue weighted by Crippen LogP contribution is 2.03. The van der Waals surface area contributed by atoms with Crippen LogP contribution in [0.25, 0.3) is 0 Å². The minimum Gasteiger partial charge on any atom is -0.459 e. The molecule has 0 radical (unpaired) electrons. The predicted molar refractivity (Wildman–Crippen MR) is 66.3 cm³/mol. The van der Waals surface area contributed by atoms with Crippen LogP contribution in [0.1, 0.15) is 30.8 Å². The van der Waals surface area contributed by atoms with Crippen LogP contribution in [-0.4, -0.2) is 29.0 Å². The van der Waals surface area contributed by atoms with E-state index in [0.29, 0.717) is 11.2 Å². The molecule has 4 nitrogen and oxygen atoms in total. The van der Waals surface area contributed by atoms with Crippen molar-refractivity contribution in [1.82, 2.24) is 10.2 Å². The fourth-order valence-electron chi connectivity index (χ4n) is 1.13. The fourth-order valence-corrected chi connectivity index (χ4v) is 1.40. The first kappa shape index (κ1) is 12.7. The summed E-state index contributed by atoms with van der Waals surface area (Å²) in [7, 11) is 1.86. The Labute approximate surface area is 101 Å². The Hall–Kier alpha value is -1.36. The Balaban J connectivity index is 2.55. The van der Waals surface area contributed by atoms with Gasteiger partial charge < -0.3 is 9.32 Å². The highest BCUT2D eigenvalue weighted by molar-refractivity contribution is 7.80. The zero-order chi connectivity index (χ0) is 12.1. The van der Waals surface area contributed by atoms with E-state index in [2.05, 4.69) is 12.2 Å². The molecule has 5 heteroatoms. The number of nitrogens with zero attached hydrogens (tertiary/aromatic N) is 1. The van der Waals surface area contributed by atoms with Gasteiger partial charge in [-0.05, 0) is 37.7 Å². The van der Waals surface area contributed by atoms with Gasteiger partial charge in [-0.15, -0.1) is 0 Å². The van der Waals surface area contributed by atoms with E-state index < -0.39 is 0 Å². The Morgan fingerprint density at radius 3 is 2.88 bits per heavy atom. The molecule has 0 saturated carbocycles. The first-order valence-corrected chi connectivity index (χ1v) is 5.58. The molecule has 1 atom stereocenters. The average molecular weight is 240 g/mol. The van der Waals surface area contributed by atoms with Gasteiger partial charge in [0.1, 0.15) is 0 Å². The molecule has 1 N–H and O–H groups in total. The third kappa shape index (κ3) is 3.06. The summed E-state index contributed by atoms with van der Waals surface area (Å²) >= 11 is 5.12. The molecule has 0 aromatic carbocycles. The minimum atomic E-state index is -0.315. The summed E-state index contributed by atoms with van der Waals surface area (Å²) in [6.07, 6.45) is 2.42. The molecule has 1 aromatic rings. The highest BCUT2D eigenvalue weighted by atomic mass is 32.1. The maximum absolute atomic E-state index is 11.6. The van der Waals surface area contributed by atoms with E-state index in [1.807, 2.05) is 18.9 Å². The van der Waals surface area contributed by atoms with Crippen molar-refractivity contribution in [2.75, 3.05) is 7.05 Å². The van der Waals surface area contributed by atoms with Gasteiger partial charge in [0.25, 0.3) is 5.91 Å². The number of rotatable bonds is 3. The second-order valence-corrected chi connectivity index (χ2v) is 3.99. The van der Waals surface area contributed by atoms with Crippen molar-refractivity contribution in [3.63, 3.8) is 0 Å². The van der Waals surface area contributed by atoms with E-state index in [-0.39, 0.29) is 11.7 Å². The zero-order valence-corrected chi connectivity index (χ0v) is 10.5. The monoisotopic (exact) mass is 240 g/mol. The quantitative estimate of drug-likeness (QED) is 0.821. The van der Waals surface area contributed by atoms with Crippen LogP contribution < -0.4 is 5.32 Å². The van der Waals surface area contributed by atoms with Gasteiger partial charge >= 0.3 is 0 Å². The van der Waals surface area contributed by atoms with E-state index in [0.717, 1.165) is 6.42 Å². The molecule has 0 aliphatic rings. The van der Waals surface area contributed by atoms with Crippen molar-refractivity contribution in [1.29, 1.82) is 0 Å². The summed E-state index contributed by atoms with van der Waals surface area (Å²) in [6.45, 7) is 4.11. The van der Waals surface area contributed by atoms with Gasteiger partial charge in [-0.1, -0.05) is 6.92 Å². The van der Waals surface area contributed by atoms with Crippen molar-refractivity contribution < 1.29 is 9.21 Å². The van der Waals surface area contributed by atoms with E-state index in [1.54, 1.807) is 12.1 Å². The summed E-state index contributed by atoms with van der Waals surface area (Å²) in [4.78, 5) is 13.5. The standard InChI is InChI=1S/C11H16N2O2S/c1-4-8(2)13(3)11(16)12-10(14)9-6-5-7-15-9/h5-8H,4H2,1-3H3,(H,12,14,16). The lowest BCUT2D eigenvalue weighted by Crippen LogP contribution is -2.44. The number of carbonyl (C=O) groups excluding carboxylic acids is 1. The van der Waals surface area contributed by atoms with Crippen LogP contribution in [0, 0.1) is 0 Å². The van der Waals surface area contributed by atoms with Crippen LogP contribution >= 0.6 is 12.2 Å². The smallest absolute Gasteiger partial charge is 0.293 e. The first-order chi connectivity index (χ1) is 7.56. The number of amides is 1. The topological polar surface area (TPSA) is 45.5 Å². The van der Waals surface area contributed by atoms with Crippen molar-refractivity contribution in [2.45, 2.75) is 26.3 Å². The molecule has 0 spiro atoms. The van der Waals surface area contributed by atoms with E-state index in [1.165, 1.54) is 6.26 Å². The molecule has 0 bridgehead atoms. The molecular weight excluding hydrogens is 224 g/mol. The third-order valence-electron chi connectivity index (χ3n) is 2.54. The normalized spacial score (nSPS) is 11.9. The Morgan fingerprint density at radius 2 is 2.38 bits per heavy atom. The Bertz CT molecular complexity index is 362. The Morgan fingerprint density at radius 1 is 1.69 bits per heavy atom. The minimum absolute atomic E-state index is 0.264. The molecule has 0 aliphatic heterocycles. The van der Waals surface area contributed by atoms with Crippen molar-refractivity contribution in [2.24, 2.45) is 0 Å². The predicted octanol–water partition coefficient (Wildman–Crippen LogP) is 2.02. The summed E-state index contributed by atoms with van der Waals surface area (Å²) < 4.78 is 4.97. The first-order valence-electron chi connectivity index (χ1n) is 5.18. The number of hydrogen-bond acceptors (Lipinski definition) is 3. The molecule has 0 aliphatic carbocycles. The summed E-state index contributed by atoms with van der Waals surface area (Å²) in [5.41, 5.74) is 0. The van der Waals surface area contributed by atoms with Crippen molar-refractivity contribution >= 4 is 23.2 Å². The van der Waals surface area contributed by atoms with Crippen LogP contribution in [0.4, 0.5) is 0 Å². The fraction of sp³-hybridized carbons (Fsp3) is 0.455. The van der Waals surface area contributed by atoms with Crippen LogP contribution in [-0.2, 0) is 0 Å². The number of furan rings is 1. The van der Waals surface area contributed by atoms with E-state index in [4.69, 9.17) is 16.6 Å². The molecular formula is C11H16N2O2S. The molecule has 1 unspecified atom stereocenters. The second kappa shape index (κ2) is 5.65.